The van der Waals surface area contributed by atoms with E-state index < -0.39 is 5.91 Å². The average Bonchev–Trinajstić information content (AvgIpc) is 3.15. The third-order valence-electron chi connectivity index (χ3n) is 3.80. The van der Waals surface area contributed by atoms with E-state index in [2.05, 4.69) is 5.32 Å². The molecule has 0 aliphatic carbocycles. The van der Waals surface area contributed by atoms with Crippen LogP contribution in [0.1, 0.15) is 34.0 Å². The predicted octanol–water partition coefficient (Wildman–Crippen LogP) is 4.51. The quantitative estimate of drug-likeness (QED) is 0.277. The molecule has 0 fully saturated rings. The first-order valence-corrected chi connectivity index (χ1v) is 9.35. The van der Waals surface area contributed by atoms with Crippen molar-refractivity contribution in [3.8, 4) is 5.75 Å². The van der Waals surface area contributed by atoms with Gasteiger partial charge in [-0.1, -0.05) is 36.4 Å². The molecular formula is C21H22N2O4S. The van der Waals surface area contributed by atoms with Crippen LogP contribution in [0.25, 0.3) is 11.6 Å². The number of para-hydroxylation sites is 1. The Hall–Kier alpha value is -3.16. The number of hydrogen-bond donors (Lipinski definition) is 3. The number of carbonyl (C=O) groups excluding carboxylic acids is 2. The topological polar surface area (TPSA) is 87.7 Å². The Morgan fingerprint density at radius 3 is 2.57 bits per heavy atom. The van der Waals surface area contributed by atoms with Crippen LogP contribution in [0.15, 0.2) is 54.6 Å². The summed E-state index contributed by atoms with van der Waals surface area (Å²) in [4.78, 5) is 25.5. The van der Waals surface area contributed by atoms with Crippen LogP contribution in [-0.4, -0.2) is 24.1 Å². The van der Waals surface area contributed by atoms with Gasteiger partial charge in [-0.05, 0) is 43.2 Å². The summed E-state index contributed by atoms with van der Waals surface area (Å²) in [7, 11) is 1.53. The maximum atomic E-state index is 12.9. The lowest BCUT2D eigenvalue weighted by molar-refractivity contribution is -0.124. The van der Waals surface area contributed by atoms with Crippen LogP contribution in [0, 0.1) is 0 Å². The van der Waals surface area contributed by atoms with Crippen molar-refractivity contribution in [1.82, 2.24) is 5.48 Å². The smallest absolute Gasteiger partial charge is 0.269 e. The summed E-state index contributed by atoms with van der Waals surface area (Å²) in [5.74, 6) is -0.473. The van der Waals surface area contributed by atoms with E-state index in [9.17, 15) is 9.59 Å². The molecule has 0 radical (unpaired) electrons. The molecule has 1 aromatic carbocycles. The second-order valence-electron chi connectivity index (χ2n) is 5.60. The van der Waals surface area contributed by atoms with E-state index in [4.69, 9.17) is 9.94 Å². The van der Waals surface area contributed by atoms with E-state index in [1.54, 1.807) is 24.3 Å². The number of amides is 2. The molecule has 0 aliphatic rings. The van der Waals surface area contributed by atoms with Crippen molar-refractivity contribution in [3.05, 3.63) is 70.0 Å². The fraction of sp³-hybridized carbons (Fsp3) is 0.143. The second-order valence-corrected chi connectivity index (χ2v) is 6.66. The van der Waals surface area contributed by atoms with E-state index in [-0.39, 0.29) is 5.91 Å². The first kappa shape index (κ1) is 21.1. The molecule has 0 aliphatic heterocycles. The molecule has 0 bridgehead atoms. The molecule has 2 aromatic rings. The van der Waals surface area contributed by atoms with Gasteiger partial charge < -0.3 is 10.1 Å². The van der Waals surface area contributed by atoms with Crippen LogP contribution in [-0.2, 0) is 4.79 Å². The monoisotopic (exact) mass is 398 g/mol. The number of rotatable bonds is 7. The van der Waals surface area contributed by atoms with Crippen LogP contribution in [0.3, 0.4) is 0 Å². The first-order valence-electron chi connectivity index (χ1n) is 8.53. The number of thiophene rings is 1. The molecule has 1 heterocycles. The van der Waals surface area contributed by atoms with Gasteiger partial charge in [-0.2, -0.15) is 0 Å². The zero-order valence-corrected chi connectivity index (χ0v) is 16.7. The lowest BCUT2D eigenvalue weighted by Gasteiger charge is -2.08. The van der Waals surface area contributed by atoms with Crippen molar-refractivity contribution in [3.63, 3.8) is 0 Å². The molecular weight excluding hydrogens is 376 g/mol. The number of ether oxygens (including phenoxy) is 1. The lowest BCUT2D eigenvalue weighted by Crippen LogP contribution is -2.15. The van der Waals surface area contributed by atoms with Crippen molar-refractivity contribution >= 4 is 40.5 Å². The second kappa shape index (κ2) is 10.2. The Labute approximate surface area is 167 Å². The summed E-state index contributed by atoms with van der Waals surface area (Å²) in [6.45, 7) is 3.87. The van der Waals surface area contributed by atoms with Crippen LogP contribution < -0.4 is 15.5 Å². The molecule has 0 saturated heterocycles. The molecule has 28 heavy (non-hydrogen) atoms. The van der Waals surface area contributed by atoms with Crippen LogP contribution in [0.4, 0.5) is 5.69 Å². The molecule has 0 atom stereocenters. The third-order valence-corrected chi connectivity index (χ3v) is 4.96. The summed E-state index contributed by atoms with van der Waals surface area (Å²) < 4.78 is 5.38. The van der Waals surface area contributed by atoms with E-state index in [1.165, 1.54) is 36.1 Å². The normalized spacial score (nSPS) is 11.8. The van der Waals surface area contributed by atoms with Gasteiger partial charge in [0.05, 0.1) is 7.11 Å². The van der Waals surface area contributed by atoms with Crippen molar-refractivity contribution in [1.29, 1.82) is 0 Å². The number of anilines is 1. The molecule has 3 N–H and O–H groups in total. The molecule has 0 saturated carbocycles. The van der Waals surface area contributed by atoms with Gasteiger partial charge in [-0.15, -0.1) is 11.3 Å². The number of hydrogen-bond acceptors (Lipinski definition) is 5. The van der Waals surface area contributed by atoms with E-state index in [0.717, 1.165) is 10.5 Å². The van der Waals surface area contributed by atoms with Gasteiger partial charge >= 0.3 is 0 Å². The highest BCUT2D eigenvalue weighted by atomic mass is 32.1. The first-order chi connectivity index (χ1) is 13.5. The van der Waals surface area contributed by atoms with E-state index >= 15 is 0 Å². The SMILES string of the molecule is C/C=C\C(=C/C)c1cc(OC)c(C(=O)Nc2ccccc2/C=C/C(=O)NO)s1. The molecule has 1 aromatic heterocycles. The highest BCUT2D eigenvalue weighted by Crippen LogP contribution is 2.35. The van der Waals surface area contributed by atoms with Crippen LogP contribution in [0.2, 0.25) is 0 Å². The largest absolute Gasteiger partial charge is 0.495 e. The number of benzene rings is 1. The number of carbonyl (C=O) groups is 2. The van der Waals surface area contributed by atoms with E-state index in [1.807, 2.05) is 38.1 Å². The summed E-state index contributed by atoms with van der Waals surface area (Å²) in [6, 6.07) is 8.88. The van der Waals surface area contributed by atoms with Gasteiger partial charge in [0.2, 0.25) is 0 Å². The fourth-order valence-electron chi connectivity index (χ4n) is 2.46. The third kappa shape index (κ3) is 5.18. The summed E-state index contributed by atoms with van der Waals surface area (Å²) in [6.07, 6.45) is 8.55. The number of nitrogens with one attached hydrogen (secondary N) is 2. The van der Waals surface area contributed by atoms with Gasteiger partial charge in [-0.25, -0.2) is 5.48 Å². The molecule has 6 nitrogen and oxygen atoms in total. The van der Waals surface area contributed by atoms with Crippen molar-refractivity contribution in [2.24, 2.45) is 0 Å². The van der Waals surface area contributed by atoms with Gasteiger partial charge in [0.1, 0.15) is 10.6 Å². The maximum absolute atomic E-state index is 12.9. The summed E-state index contributed by atoms with van der Waals surface area (Å²) >= 11 is 1.34. The molecule has 7 heteroatoms. The van der Waals surface area contributed by atoms with Gasteiger partial charge in [0.25, 0.3) is 11.8 Å². The van der Waals surface area contributed by atoms with E-state index in [0.29, 0.717) is 21.9 Å². The van der Waals surface area contributed by atoms with Gasteiger partial charge in [0, 0.05) is 16.6 Å². The Balaban J connectivity index is 2.32. The highest BCUT2D eigenvalue weighted by molar-refractivity contribution is 7.15. The fourth-order valence-corrected chi connectivity index (χ4v) is 3.54. The van der Waals surface area contributed by atoms with Gasteiger partial charge in [-0.3, -0.25) is 14.8 Å². The van der Waals surface area contributed by atoms with Crippen LogP contribution >= 0.6 is 11.3 Å². The summed E-state index contributed by atoms with van der Waals surface area (Å²) in [5.41, 5.74) is 3.69. The van der Waals surface area contributed by atoms with Crippen LogP contribution in [0.5, 0.6) is 5.75 Å². The predicted molar refractivity (Wildman–Crippen MR) is 113 cm³/mol. The molecule has 2 amide bonds. The van der Waals surface area contributed by atoms with Crippen molar-refractivity contribution < 1.29 is 19.5 Å². The Kier molecular flexibility index (Phi) is 7.74. The highest BCUT2D eigenvalue weighted by Gasteiger charge is 2.19. The lowest BCUT2D eigenvalue weighted by atomic mass is 10.1. The standard InChI is InChI=1S/C21H22N2O4S/c1-4-8-14(5-2)18-13-17(27-3)20(28-18)21(25)22-16-10-7-6-9-15(16)11-12-19(24)23-26/h4-13,26H,1-3H3,(H,22,25)(H,23,24)/b8-4-,12-11+,14-5+. The molecule has 146 valence electrons. The zero-order chi connectivity index (χ0) is 20.5. The minimum Gasteiger partial charge on any atom is -0.495 e. The Morgan fingerprint density at radius 2 is 1.93 bits per heavy atom. The molecule has 0 unspecified atom stereocenters. The minimum absolute atomic E-state index is 0.309. The Bertz CT molecular complexity index is 942. The summed E-state index contributed by atoms with van der Waals surface area (Å²) in [5, 5.41) is 11.5. The zero-order valence-electron chi connectivity index (χ0n) is 15.9. The number of methoxy groups -OCH3 is 1. The number of allylic oxidation sites excluding steroid dienone is 4. The van der Waals surface area contributed by atoms with Gasteiger partial charge in [0.15, 0.2) is 0 Å². The van der Waals surface area contributed by atoms with Crippen molar-refractivity contribution in [2.45, 2.75) is 13.8 Å². The number of hydroxylamine groups is 1. The maximum Gasteiger partial charge on any atom is 0.269 e. The average molecular weight is 398 g/mol. The Morgan fingerprint density at radius 1 is 1.18 bits per heavy atom. The molecule has 2 rings (SSSR count). The molecule has 0 spiro atoms. The van der Waals surface area contributed by atoms with Crippen molar-refractivity contribution in [2.75, 3.05) is 12.4 Å². The minimum atomic E-state index is -0.659.